The molecule has 0 unspecified atom stereocenters. The van der Waals surface area contributed by atoms with Gasteiger partial charge in [-0.2, -0.15) is 0 Å². The van der Waals surface area contributed by atoms with E-state index in [9.17, 15) is 9.59 Å². The molecule has 7 heteroatoms. The Morgan fingerprint density at radius 3 is 2.69 bits per heavy atom. The Kier molecular flexibility index (Phi) is 4.96. The first-order valence-corrected chi connectivity index (χ1v) is 9.83. The Morgan fingerprint density at radius 2 is 2.00 bits per heavy atom. The number of nitrogens with zero attached hydrogens (tertiary/aromatic N) is 2. The number of nitrogens with one attached hydrogen (secondary N) is 1. The minimum absolute atomic E-state index is 0.0355. The minimum Gasteiger partial charge on any atom is -0.495 e. The van der Waals surface area contributed by atoms with Gasteiger partial charge in [0.1, 0.15) is 11.4 Å². The molecule has 3 aromatic rings. The molecule has 1 saturated heterocycles. The molecule has 0 saturated carbocycles. The van der Waals surface area contributed by atoms with E-state index < -0.39 is 0 Å². The molecule has 1 aliphatic heterocycles. The number of methoxy groups -OCH3 is 1. The van der Waals surface area contributed by atoms with Crippen LogP contribution in [0.15, 0.2) is 36.4 Å². The number of halogens is 1. The van der Waals surface area contributed by atoms with Crippen LogP contribution in [-0.4, -0.2) is 30.0 Å². The fraction of sp³-hybridized carbons (Fsp3) is 0.273. The summed E-state index contributed by atoms with van der Waals surface area (Å²) in [5, 5.41) is 4.29. The van der Waals surface area contributed by atoms with Crippen molar-refractivity contribution in [3.05, 3.63) is 52.7 Å². The Morgan fingerprint density at radius 1 is 1.21 bits per heavy atom. The van der Waals surface area contributed by atoms with Gasteiger partial charge in [0.15, 0.2) is 0 Å². The molecule has 1 fully saturated rings. The summed E-state index contributed by atoms with van der Waals surface area (Å²) < 4.78 is 7.18. The van der Waals surface area contributed by atoms with E-state index in [0.29, 0.717) is 40.8 Å². The fourth-order valence-electron chi connectivity index (χ4n) is 3.92. The van der Waals surface area contributed by atoms with Gasteiger partial charge in [0.25, 0.3) is 5.91 Å². The maximum atomic E-state index is 13.4. The number of carbonyl (C=O) groups excluding carboxylic acids is 2. The molecule has 29 heavy (non-hydrogen) atoms. The summed E-state index contributed by atoms with van der Waals surface area (Å²) in [6.07, 6.45) is 1.27. The standard InChI is InChI=1S/C22H22ClN3O3/c1-13-6-8-17-15(11-13)20(26-10-4-5-19(26)27)21(25(17)2)22(28)24-16-12-14(23)7-9-18(16)29-3/h6-9,11-12H,4-5,10H2,1-3H3,(H,24,28). The van der Waals surface area contributed by atoms with Crippen LogP contribution in [0.5, 0.6) is 5.75 Å². The number of rotatable bonds is 4. The highest BCUT2D eigenvalue weighted by molar-refractivity contribution is 6.31. The van der Waals surface area contributed by atoms with E-state index in [-0.39, 0.29) is 11.8 Å². The summed E-state index contributed by atoms with van der Waals surface area (Å²) in [7, 11) is 3.37. The van der Waals surface area contributed by atoms with Gasteiger partial charge in [-0.15, -0.1) is 0 Å². The number of benzene rings is 2. The minimum atomic E-state index is -0.323. The van der Waals surface area contributed by atoms with E-state index in [1.54, 1.807) is 23.1 Å². The zero-order valence-electron chi connectivity index (χ0n) is 16.6. The summed E-state index contributed by atoms with van der Waals surface area (Å²) >= 11 is 6.11. The van der Waals surface area contributed by atoms with Crippen LogP contribution in [0.3, 0.4) is 0 Å². The van der Waals surface area contributed by atoms with Crippen LogP contribution in [0.4, 0.5) is 11.4 Å². The first-order chi connectivity index (χ1) is 13.9. The van der Waals surface area contributed by atoms with Crippen molar-refractivity contribution < 1.29 is 14.3 Å². The summed E-state index contributed by atoms with van der Waals surface area (Å²) in [5.74, 6) is 0.223. The summed E-state index contributed by atoms with van der Waals surface area (Å²) in [6.45, 7) is 2.60. The Balaban J connectivity index is 1.87. The lowest BCUT2D eigenvalue weighted by Crippen LogP contribution is -2.27. The van der Waals surface area contributed by atoms with Crippen LogP contribution < -0.4 is 15.0 Å². The highest BCUT2D eigenvalue weighted by Gasteiger charge is 2.31. The van der Waals surface area contributed by atoms with Crippen molar-refractivity contribution in [2.45, 2.75) is 19.8 Å². The van der Waals surface area contributed by atoms with Crippen LogP contribution in [0.1, 0.15) is 28.9 Å². The number of aryl methyl sites for hydroxylation is 2. The predicted molar refractivity (Wildman–Crippen MR) is 115 cm³/mol. The third kappa shape index (κ3) is 3.34. The average molecular weight is 412 g/mol. The quantitative estimate of drug-likeness (QED) is 0.686. The highest BCUT2D eigenvalue weighted by Crippen LogP contribution is 2.37. The van der Waals surface area contributed by atoms with Crippen LogP contribution >= 0.6 is 11.6 Å². The number of carbonyl (C=O) groups is 2. The highest BCUT2D eigenvalue weighted by atomic mass is 35.5. The SMILES string of the molecule is COc1ccc(Cl)cc1NC(=O)c1c(N2CCCC2=O)c2cc(C)ccc2n1C. The Labute approximate surface area is 174 Å². The molecule has 1 N–H and O–H groups in total. The van der Waals surface area contributed by atoms with Crippen LogP contribution in [-0.2, 0) is 11.8 Å². The summed E-state index contributed by atoms with van der Waals surface area (Å²) in [4.78, 5) is 27.7. The van der Waals surface area contributed by atoms with Crippen molar-refractivity contribution in [1.82, 2.24) is 4.57 Å². The number of hydrogen-bond donors (Lipinski definition) is 1. The molecular weight excluding hydrogens is 390 g/mol. The van der Waals surface area contributed by atoms with E-state index in [4.69, 9.17) is 16.3 Å². The van der Waals surface area contributed by atoms with Crippen molar-refractivity contribution in [3.63, 3.8) is 0 Å². The number of anilines is 2. The fourth-order valence-corrected chi connectivity index (χ4v) is 4.09. The molecule has 2 heterocycles. The molecule has 2 amide bonds. The maximum Gasteiger partial charge on any atom is 0.274 e. The molecular formula is C22H22ClN3O3. The van der Waals surface area contributed by atoms with Gasteiger partial charge < -0.3 is 19.5 Å². The van der Waals surface area contributed by atoms with Gasteiger partial charge in [-0.1, -0.05) is 23.2 Å². The first kappa shape index (κ1) is 19.3. The van der Waals surface area contributed by atoms with Crippen LogP contribution in [0.2, 0.25) is 5.02 Å². The van der Waals surface area contributed by atoms with Crippen molar-refractivity contribution in [2.24, 2.45) is 7.05 Å². The van der Waals surface area contributed by atoms with Gasteiger partial charge in [-0.05, 0) is 43.7 Å². The second kappa shape index (κ2) is 7.44. The number of hydrogen-bond acceptors (Lipinski definition) is 3. The monoisotopic (exact) mass is 411 g/mol. The molecule has 6 nitrogen and oxygen atoms in total. The largest absolute Gasteiger partial charge is 0.495 e. The van der Waals surface area contributed by atoms with Gasteiger partial charge in [0.05, 0.1) is 24.0 Å². The predicted octanol–water partition coefficient (Wildman–Crippen LogP) is 4.53. The molecule has 0 radical (unpaired) electrons. The number of aromatic nitrogens is 1. The molecule has 150 valence electrons. The van der Waals surface area contributed by atoms with Crippen molar-refractivity contribution in [2.75, 3.05) is 23.9 Å². The lowest BCUT2D eigenvalue weighted by atomic mass is 10.1. The van der Waals surface area contributed by atoms with Gasteiger partial charge in [0, 0.05) is 30.4 Å². The van der Waals surface area contributed by atoms with Crippen molar-refractivity contribution in [1.29, 1.82) is 0 Å². The van der Waals surface area contributed by atoms with Crippen molar-refractivity contribution >= 4 is 45.7 Å². The summed E-state index contributed by atoms with van der Waals surface area (Å²) in [6, 6.07) is 11.0. The Bertz CT molecular complexity index is 1140. The van der Waals surface area contributed by atoms with E-state index >= 15 is 0 Å². The molecule has 0 atom stereocenters. The molecule has 0 bridgehead atoms. The van der Waals surface area contributed by atoms with Crippen LogP contribution in [0, 0.1) is 6.92 Å². The van der Waals surface area contributed by atoms with Gasteiger partial charge in [0.2, 0.25) is 5.91 Å². The lowest BCUT2D eigenvalue weighted by molar-refractivity contribution is -0.117. The maximum absolute atomic E-state index is 13.4. The molecule has 0 spiro atoms. The number of fused-ring (bicyclic) bond motifs is 1. The zero-order valence-corrected chi connectivity index (χ0v) is 17.3. The van der Waals surface area contributed by atoms with Gasteiger partial charge >= 0.3 is 0 Å². The van der Waals surface area contributed by atoms with Crippen LogP contribution in [0.25, 0.3) is 10.9 Å². The van der Waals surface area contributed by atoms with E-state index in [2.05, 4.69) is 5.32 Å². The molecule has 4 rings (SSSR count). The average Bonchev–Trinajstić information content (AvgIpc) is 3.22. The molecule has 1 aliphatic rings. The van der Waals surface area contributed by atoms with E-state index in [0.717, 1.165) is 22.9 Å². The number of amides is 2. The second-order valence-electron chi connectivity index (χ2n) is 7.22. The van der Waals surface area contributed by atoms with E-state index in [1.807, 2.05) is 36.7 Å². The van der Waals surface area contributed by atoms with Gasteiger partial charge in [-0.3, -0.25) is 9.59 Å². The smallest absolute Gasteiger partial charge is 0.274 e. The van der Waals surface area contributed by atoms with E-state index in [1.165, 1.54) is 7.11 Å². The van der Waals surface area contributed by atoms with Crippen molar-refractivity contribution in [3.8, 4) is 5.75 Å². The topological polar surface area (TPSA) is 63.6 Å². The molecule has 0 aliphatic carbocycles. The molecule has 2 aromatic carbocycles. The normalized spacial score (nSPS) is 13.9. The second-order valence-corrected chi connectivity index (χ2v) is 7.66. The Hall–Kier alpha value is -2.99. The van der Waals surface area contributed by atoms with Gasteiger partial charge in [-0.25, -0.2) is 0 Å². The summed E-state index contributed by atoms with van der Waals surface area (Å²) in [5.41, 5.74) is 3.54. The third-order valence-corrected chi connectivity index (χ3v) is 5.53. The lowest BCUT2D eigenvalue weighted by Gasteiger charge is -2.18. The third-order valence-electron chi connectivity index (χ3n) is 5.30. The molecule has 1 aromatic heterocycles. The zero-order chi connectivity index (χ0) is 20.7. The first-order valence-electron chi connectivity index (χ1n) is 9.45. The number of ether oxygens (including phenoxy) is 1.